The van der Waals surface area contributed by atoms with Crippen LogP contribution in [0.15, 0.2) is 66.7 Å². The number of benzene rings is 3. The number of anilines is 1. The van der Waals surface area contributed by atoms with Gasteiger partial charge in [-0.3, -0.25) is 14.8 Å². The van der Waals surface area contributed by atoms with Crippen LogP contribution in [-0.4, -0.2) is 48.6 Å². The number of nitrogens with two attached hydrogens (primary N) is 1. The maximum absolute atomic E-state index is 12.6. The molecule has 0 aliphatic rings. The van der Waals surface area contributed by atoms with Gasteiger partial charge in [0.05, 0.1) is 11.8 Å². The fourth-order valence-electron chi connectivity index (χ4n) is 3.45. The molecule has 3 aromatic rings. The number of carboxylic acids is 1. The van der Waals surface area contributed by atoms with Crippen LogP contribution in [-0.2, 0) is 16.7 Å². The quantitative estimate of drug-likeness (QED) is 0.136. The number of carbonyl (C=O) groups is 2. The topological polar surface area (TPSA) is 183 Å². The molecular formula is C28H34N4O6S. The summed E-state index contributed by atoms with van der Waals surface area (Å²) >= 11 is 0. The monoisotopic (exact) mass is 554 g/mol. The summed E-state index contributed by atoms with van der Waals surface area (Å²) in [6.07, 6.45) is 0.715. The van der Waals surface area contributed by atoms with Crippen molar-refractivity contribution >= 4 is 33.5 Å². The first kappa shape index (κ1) is 31.0. The van der Waals surface area contributed by atoms with Crippen molar-refractivity contribution in [1.29, 1.82) is 5.41 Å². The summed E-state index contributed by atoms with van der Waals surface area (Å²) in [6.45, 7) is 6.99. The molecule has 0 spiro atoms. The van der Waals surface area contributed by atoms with Crippen molar-refractivity contribution in [2.75, 3.05) is 18.1 Å². The van der Waals surface area contributed by atoms with E-state index in [2.05, 4.69) is 10.6 Å². The van der Waals surface area contributed by atoms with Gasteiger partial charge >= 0.3 is 5.97 Å². The number of carboxylic acid groups (broad SMARTS) is 1. The molecule has 1 amide bonds. The second-order valence-corrected chi connectivity index (χ2v) is 11.5. The number of hydrogen-bond acceptors (Lipinski definition) is 6. The molecular weight excluding hydrogens is 520 g/mol. The van der Waals surface area contributed by atoms with Crippen LogP contribution in [0.25, 0.3) is 11.1 Å². The molecule has 0 radical (unpaired) electrons. The van der Waals surface area contributed by atoms with Crippen LogP contribution in [0, 0.1) is 10.8 Å². The van der Waals surface area contributed by atoms with E-state index in [9.17, 15) is 23.1 Å². The van der Waals surface area contributed by atoms with Crippen LogP contribution < -0.4 is 16.4 Å². The zero-order chi connectivity index (χ0) is 29.4. The maximum atomic E-state index is 12.6. The van der Waals surface area contributed by atoms with Crippen LogP contribution >= 0.6 is 0 Å². The Morgan fingerprint density at radius 1 is 0.949 bits per heavy atom. The Balaban J connectivity index is 0.000000976. The van der Waals surface area contributed by atoms with Crippen LogP contribution in [0.5, 0.6) is 0 Å². The van der Waals surface area contributed by atoms with Gasteiger partial charge in [-0.15, -0.1) is 0 Å². The highest BCUT2D eigenvalue weighted by atomic mass is 32.2. The minimum absolute atomic E-state index is 0.00799. The van der Waals surface area contributed by atoms with Crippen molar-refractivity contribution in [3.05, 3.63) is 89.0 Å². The van der Waals surface area contributed by atoms with Crippen molar-refractivity contribution < 1.29 is 27.7 Å². The Kier molecular flexibility index (Phi) is 10.4. The molecule has 3 rings (SSSR count). The summed E-state index contributed by atoms with van der Waals surface area (Å²) in [7, 11) is -3.67. The van der Waals surface area contributed by atoms with Crippen LogP contribution in [0.1, 0.15) is 52.6 Å². The molecule has 208 valence electrons. The Morgan fingerprint density at radius 3 is 2.05 bits per heavy atom. The predicted octanol–water partition coefficient (Wildman–Crippen LogP) is 4.23. The molecule has 0 saturated heterocycles. The first-order valence-electron chi connectivity index (χ1n) is 11.9. The molecule has 0 saturated carbocycles. The first-order chi connectivity index (χ1) is 18.0. The summed E-state index contributed by atoms with van der Waals surface area (Å²) in [5, 5.41) is 23.6. The lowest BCUT2D eigenvalue weighted by Gasteiger charge is -2.19. The fourth-order valence-corrected chi connectivity index (χ4v) is 3.45. The third-order valence-corrected chi connectivity index (χ3v) is 5.28. The van der Waals surface area contributed by atoms with Crippen LogP contribution in [0.3, 0.4) is 0 Å². The number of nitrogens with one attached hydrogen (secondary N) is 3. The van der Waals surface area contributed by atoms with E-state index < -0.39 is 16.1 Å². The number of rotatable bonds is 8. The van der Waals surface area contributed by atoms with Gasteiger partial charge < -0.3 is 21.5 Å². The lowest BCUT2D eigenvalue weighted by atomic mass is 9.93. The van der Waals surface area contributed by atoms with Crippen molar-refractivity contribution in [3.8, 4) is 11.1 Å². The van der Waals surface area contributed by atoms with Crippen LogP contribution in [0.4, 0.5) is 5.69 Å². The summed E-state index contributed by atoms with van der Waals surface area (Å²) in [4.78, 5) is 24.7. The highest BCUT2D eigenvalue weighted by Gasteiger charge is 2.19. The predicted molar refractivity (Wildman–Crippen MR) is 153 cm³/mol. The van der Waals surface area contributed by atoms with Gasteiger partial charge in [0.2, 0.25) is 0 Å². The minimum atomic E-state index is -3.67. The number of carbonyl (C=O) groups excluding carboxylic acids is 1. The Labute approximate surface area is 228 Å². The summed E-state index contributed by atoms with van der Waals surface area (Å²) in [5.74, 6) is -1.38. The summed E-state index contributed by atoms with van der Waals surface area (Å²) in [5.41, 5.74) is 9.53. The van der Waals surface area contributed by atoms with Gasteiger partial charge in [0, 0.05) is 29.9 Å². The minimum Gasteiger partial charge on any atom is -0.478 e. The highest BCUT2D eigenvalue weighted by Crippen LogP contribution is 2.29. The number of hydrogen-bond donors (Lipinski definition) is 6. The SMILES string of the molecule is CC(C)(C)CNC(=O)c1ccc(-c2ccccc2CNc2ccc(C(=N)N)cc2)c(C(=O)O)c1.CS(=O)(=O)O. The summed E-state index contributed by atoms with van der Waals surface area (Å²) < 4.78 is 25.9. The van der Waals surface area contributed by atoms with Gasteiger partial charge in [-0.2, -0.15) is 8.42 Å². The molecule has 7 N–H and O–H groups in total. The maximum Gasteiger partial charge on any atom is 0.336 e. The van der Waals surface area contributed by atoms with Gasteiger partial charge in [-0.25, -0.2) is 4.79 Å². The molecule has 3 aromatic carbocycles. The Hall–Kier alpha value is -4.22. The molecule has 0 heterocycles. The molecule has 0 aliphatic heterocycles. The largest absolute Gasteiger partial charge is 0.478 e. The molecule has 11 heteroatoms. The van der Waals surface area contributed by atoms with Crippen molar-refractivity contribution in [1.82, 2.24) is 5.32 Å². The lowest BCUT2D eigenvalue weighted by Crippen LogP contribution is -2.32. The average Bonchev–Trinajstić information content (AvgIpc) is 2.84. The third kappa shape index (κ3) is 10.6. The van der Waals surface area contributed by atoms with Crippen molar-refractivity contribution in [2.24, 2.45) is 11.1 Å². The van der Waals surface area contributed by atoms with Crippen molar-refractivity contribution in [3.63, 3.8) is 0 Å². The van der Waals surface area contributed by atoms with E-state index in [0.29, 0.717) is 36.0 Å². The fraction of sp³-hybridized carbons (Fsp3) is 0.250. The number of nitrogen functional groups attached to an aromatic ring is 1. The number of amides is 1. The smallest absolute Gasteiger partial charge is 0.336 e. The Morgan fingerprint density at radius 2 is 1.51 bits per heavy atom. The standard InChI is InChI=1S/C27H30N4O3.CH4O3S/c1-27(2,3)16-31-25(32)18-10-13-22(23(14-18)26(33)34)21-7-5-4-6-19(21)15-30-20-11-8-17(9-12-20)24(28)29;1-5(2,3)4/h4-14,30H,15-16H2,1-3H3,(H3,28,29)(H,31,32)(H,33,34);1H3,(H,2,3,4). The van der Waals surface area contributed by atoms with E-state index in [1.807, 2.05) is 57.2 Å². The first-order valence-corrected chi connectivity index (χ1v) is 13.7. The molecule has 0 aromatic heterocycles. The molecule has 0 unspecified atom stereocenters. The van der Waals surface area contributed by atoms with E-state index in [0.717, 1.165) is 16.8 Å². The molecule has 39 heavy (non-hydrogen) atoms. The molecule has 0 fully saturated rings. The Bertz CT molecular complexity index is 1440. The zero-order valence-corrected chi connectivity index (χ0v) is 23.1. The van der Waals surface area contributed by atoms with Gasteiger partial charge in [0.25, 0.3) is 16.0 Å². The van der Waals surface area contributed by atoms with Crippen molar-refractivity contribution in [2.45, 2.75) is 27.3 Å². The van der Waals surface area contributed by atoms with Gasteiger partial charge in [-0.05, 0) is 58.5 Å². The van der Waals surface area contributed by atoms with E-state index in [4.69, 9.17) is 15.7 Å². The van der Waals surface area contributed by atoms with E-state index in [-0.39, 0.29) is 22.7 Å². The average molecular weight is 555 g/mol. The van der Waals surface area contributed by atoms with Gasteiger partial charge in [-0.1, -0.05) is 51.1 Å². The third-order valence-electron chi connectivity index (χ3n) is 5.28. The normalized spacial score (nSPS) is 11.1. The summed E-state index contributed by atoms with van der Waals surface area (Å²) in [6, 6.07) is 19.6. The second kappa shape index (κ2) is 13.0. The lowest BCUT2D eigenvalue weighted by molar-refractivity contribution is 0.0697. The van der Waals surface area contributed by atoms with E-state index >= 15 is 0 Å². The number of aromatic carboxylic acids is 1. The number of amidine groups is 1. The molecule has 10 nitrogen and oxygen atoms in total. The molecule has 0 aliphatic carbocycles. The van der Waals surface area contributed by atoms with Crippen LogP contribution in [0.2, 0.25) is 0 Å². The second-order valence-electron chi connectivity index (χ2n) is 10.0. The van der Waals surface area contributed by atoms with Gasteiger partial charge in [0.1, 0.15) is 5.84 Å². The zero-order valence-electron chi connectivity index (χ0n) is 22.3. The van der Waals surface area contributed by atoms with E-state index in [1.54, 1.807) is 24.3 Å². The molecule has 0 bridgehead atoms. The molecule has 0 atom stereocenters. The highest BCUT2D eigenvalue weighted by molar-refractivity contribution is 7.85. The van der Waals surface area contributed by atoms with Gasteiger partial charge in [0.15, 0.2) is 0 Å². The van der Waals surface area contributed by atoms with E-state index in [1.165, 1.54) is 6.07 Å².